The standard InChI is InChI=1S/C18H13ClFN3/c1-23-18-11(10-22-23)9-21-17(14-4-2-3-5-16(14)20)15-8-12(19)6-7-13(15)18/h2-10,22H,1H3. The van der Waals surface area contributed by atoms with Crippen molar-refractivity contribution in [1.29, 1.82) is 0 Å². The molecule has 114 valence electrons. The molecule has 0 aliphatic carbocycles. The Hall–Kier alpha value is -2.59. The van der Waals surface area contributed by atoms with Crippen LogP contribution in [0.15, 0.2) is 59.2 Å². The van der Waals surface area contributed by atoms with Crippen LogP contribution in [0, 0.1) is 5.82 Å². The molecular weight excluding hydrogens is 313 g/mol. The zero-order valence-corrected chi connectivity index (χ0v) is 13.1. The number of nitrogens with one attached hydrogen (secondary N) is 1. The first kappa shape index (κ1) is 14.0. The summed E-state index contributed by atoms with van der Waals surface area (Å²) < 4.78 is 14.3. The fourth-order valence-electron chi connectivity index (χ4n) is 2.92. The van der Waals surface area contributed by atoms with Crippen molar-refractivity contribution < 1.29 is 4.39 Å². The Morgan fingerprint density at radius 2 is 1.96 bits per heavy atom. The van der Waals surface area contributed by atoms with Gasteiger partial charge in [0.15, 0.2) is 0 Å². The topological polar surface area (TPSA) is 27.6 Å². The molecule has 0 bridgehead atoms. The van der Waals surface area contributed by atoms with Gasteiger partial charge in [-0.15, -0.1) is 0 Å². The van der Waals surface area contributed by atoms with Crippen LogP contribution in [0.2, 0.25) is 5.02 Å². The fraction of sp³-hybridized carbons (Fsp3) is 0.0556. The minimum absolute atomic E-state index is 0.303. The number of hydrazine groups is 1. The van der Waals surface area contributed by atoms with Gasteiger partial charge in [0.2, 0.25) is 0 Å². The molecule has 2 aromatic carbocycles. The fourth-order valence-corrected chi connectivity index (χ4v) is 3.09. The maximum absolute atomic E-state index is 14.3. The van der Waals surface area contributed by atoms with Crippen molar-refractivity contribution in [2.45, 2.75) is 0 Å². The first-order chi connectivity index (χ1) is 11.1. The third kappa shape index (κ3) is 2.23. The van der Waals surface area contributed by atoms with Gasteiger partial charge in [0.05, 0.1) is 11.4 Å². The molecule has 0 atom stereocenters. The smallest absolute Gasteiger partial charge is 0.132 e. The molecule has 2 aliphatic rings. The maximum atomic E-state index is 14.3. The number of benzene rings is 2. The van der Waals surface area contributed by atoms with Crippen LogP contribution in [-0.2, 0) is 0 Å². The summed E-state index contributed by atoms with van der Waals surface area (Å²) in [4.78, 5) is 4.55. The highest BCUT2D eigenvalue weighted by molar-refractivity contribution is 6.30. The molecule has 0 spiro atoms. The quantitative estimate of drug-likeness (QED) is 0.870. The van der Waals surface area contributed by atoms with Gasteiger partial charge in [0.25, 0.3) is 0 Å². The van der Waals surface area contributed by atoms with Crippen LogP contribution in [0.5, 0.6) is 0 Å². The van der Waals surface area contributed by atoms with Crippen LogP contribution in [0.1, 0.15) is 5.56 Å². The van der Waals surface area contributed by atoms with E-state index in [1.54, 1.807) is 24.4 Å². The summed E-state index contributed by atoms with van der Waals surface area (Å²) in [6.45, 7) is 0. The van der Waals surface area contributed by atoms with Crippen LogP contribution < -0.4 is 15.9 Å². The van der Waals surface area contributed by atoms with Gasteiger partial charge in [0.1, 0.15) is 5.82 Å². The lowest BCUT2D eigenvalue weighted by Crippen LogP contribution is -2.35. The minimum atomic E-state index is -0.303. The van der Waals surface area contributed by atoms with E-state index in [9.17, 15) is 4.39 Å². The molecule has 5 heteroatoms. The molecular formula is C18H13ClFN3. The highest BCUT2D eigenvalue weighted by Gasteiger charge is 2.20. The summed E-state index contributed by atoms with van der Waals surface area (Å²) in [5.41, 5.74) is 6.12. The third-order valence-corrected chi connectivity index (χ3v) is 4.21. The van der Waals surface area contributed by atoms with Crippen molar-refractivity contribution in [2.75, 3.05) is 7.05 Å². The number of likely N-dealkylation sites (N-methyl/N-ethyl adjacent to an activating group) is 1. The molecule has 0 amide bonds. The summed E-state index contributed by atoms with van der Waals surface area (Å²) in [6, 6.07) is 12.3. The Bertz CT molecular complexity index is 992. The largest absolute Gasteiger partial charge is 0.305 e. The molecule has 0 fully saturated rings. The van der Waals surface area contributed by atoms with Crippen molar-refractivity contribution in [3.8, 4) is 0 Å². The number of nitrogens with zero attached hydrogens (tertiary/aromatic N) is 2. The molecule has 2 heterocycles. The van der Waals surface area contributed by atoms with Gasteiger partial charge in [-0.05, 0) is 24.3 Å². The normalized spacial score (nSPS) is 15.8. The molecule has 2 aromatic rings. The predicted molar refractivity (Wildman–Crippen MR) is 90.5 cm³/mol. The number of hydrogen-bond donors (Lipinski definition) is 1. The SMILES string of the molecule is CN1NC=C2C=NC(c3ccccc3F)=c3cc(Cl)ccc3=C21. The monoisotopic (exact) mass is 325 g/mol. The number of aliphatic imine (C=N–C) groups is 1. The Labute approximate surface area is 137 Å². The van der Waals surface area contributed by atoms with Crippen LogP contribution in [0.25, 0.3) is 11.4 Å². The van der Waals surface area contributed by atoms with Crippen molar-refractivity contribution in [1.82, 2.24) is 10.4 Å². The van der Waals surface area contributed by atoms with Gasteiger partial charge in [0, 0.05) is 46.1 Å². The van der Waals surface area contributed by atoms with E-state index in [2.05, 4.69) is 10.4 Å². The number of rotatable bonds is 1. The molecule has 0 unspecified atom stereocenters. The van der Waals surface area contributed by atoms with Gasteiger partial charge in [-0.1, -0.05) is 29.8 Å². The molecule has 23 heavy (non-hydrogen) atoms. The third-order valence-electron chi connectivity index (χ3n) is 3.98. The molecule has 4 rings (SSSR count). The molecule has 0 aromatic heterocycles. The van der Waals surface area contributed by atoms with E-state index < -0.39 is 0 Å². The average Bonchev–Trinajstić information content (AvgIpc) is 2.82. The molecule has 0 saturated carbocycles. The maximum Gasteiger partial charge on any atom is 0.132 e. The molecule has 0 radical (unpaired) electrons. The van der Waals surface area contributed by atoms with Gasteiger partial charge in [-0.2, -0.15) is 0 Å². The Balaban J connectivity index is 2.19. The number of fused-ring (bicyclic) bond motifs is 2. The van der Waals surface area contributed by atoms with Crippen LogP contribution in [0.4, 0.5) is 4.39 Å². The van der Waals surface area contributed by atoms with Crippen molar-refractivity contribution >= 4 is 29.2 Å². The van der Waals surface area contributed by atoms with Crippen LogP contribution >= 0.6 is 11.6 Å². The van der Waals surface area contributed by atoms with E-state index >= 15 is 0 Å². The molecule has 0 saturated heterocycles. The minimum Gasteiger partial charge on any atom is -0.305 e. The molecule has 1 N–H and O–H groups in total. The lowest BCUT2D eigenvalue weighted by molar-refractivity contribution is 0.427. The average molecular weight is 326 g/mol. The highest BCUT2D eigenvalue weighted by atomic mass is 35.5. The molecule has 3 nitrogen and oxygen atoms in total. The second kappa shape index (κ2) is 5.25. The van der Waals surface area contributed by atoms with E-state index in [4.69, 9.17) is 11.6 Å². The zero-order chi connectivity index (χ0) is 16.0. The lowest BCUT2D eigenvalue weighted by atomic mass is 10.1. The van der Waals surface area contributed by atoms with E-state index in [0.29, 0.717) is 16.3 Å². The van der Waals surface area contributed by atoms with Crippen molar-refractivity contribution in [3.05, 3.63) is 81.1 Å². The summed E-state index contributed by atoms with van der Waals surface area (Å²) >= 11 is 6.19. The molecule has 2 aliphatic heterocycles. The summed E-state index contributed by atoms with van der Waals surface area (Å²) in [7, 11) is 1.93. The number of halogens is 2. The first-order valence-electron chi connectivity index (χ1n) is 7.19. The Kier molecular flexibility index (Phi) is 3.20. The first-order valence-corrected chi connectivity index (χ1v) is 7.56. The Morgan fingerprint density at radius 3 is 2.78 bits per heavy atom. The van der Waals surface area contributed by atoms with Crippen molar-refractivity contribution in [3.63, 3.8) is 0 Å². The van der Waals surface area contributed by atoms with Crippen molar-refractivity contribution in [2.24, 2.45) is 4.99 Å². The summed E-state index contributed by atoms with van der Waals surface area (Å²) in [6.07, 6.45) is 3.63. The summed E-state index contributed by atoms with van der Waals surface area (Å²) in [5.74, 6) is -0.303. The van der Waals surface area contributed by atoms with Gasteiger partial charge in [-0.3, -0.25) is 10.0 Å². The second-order valence-electron chi connectivity index (χ2n) is 5.41. The Morgan fingerprint density at radius 1 is 1.13 bits per heavy atom. The van der Waals surface area contributed by atoms with E-state index in [1.807, 2.05) is 36.5 Å². The van der Waals surface area contributed by atoms with Gasteiger partial charge >= 0.3 is 0 Å². The van der Waals surface area contributed by atoms with Crippen LogP contribution in [-0.4, -0.2) is 18.3 Å². The van der Waals surface area contributed by atoms with Crippen LogP contribution in [0.3, 0.4) is 0 Å². The van der Waals surface area contributed by atoms with E-state index in [1.165, 1.54) is 6.07 Å². The van der Waals surface area contributed by atoms with E-state index in [-0.39, 0.29) is 5.82 Å². The van der Waals surface area contributed by atoms with Gasteiger partial charge in [-0.25, -0.2) is 4.39 Å². The highest BCUT2D eigenvalue weighted by Crippen LogP contribution is 2.22. The second-order valence-corrected chi connectivity index (χ2v) is 5.85. The van der Waals surface area contributed by atoms with E-state index in [0.717, 1.165) is 21.7 Å². The summed E-state index contributed by atoms with van der Waals surface area (Å²) in [5, 5.41) is 4.28. The zero-order valence-electron chi connectivity index (χ0n) is 12.3. The predicted octanol–water partition coefficient (Wildman–Crippen LogP) is 2.16. The van der Waals surface area contributed by atoms with Gasteiger partial charge < -0.3 is 5.43 Å². The number of hydrogen-bond acceptors (Lipinski definition) is 3. The lowest BCUT2D eigenvalue weighted by Gasteiger charge is -2.14.